The van der Waals surface area contributed by atoms with Gasteiger partial charge in [-0.15, -0.1) is 0 Å². The number of benzene rings is 1. The van der Waals surface area contributed by atoms with Crippen molar-refractivity contribution >= 4 is 40.7 Å². The van der Waals surface area contributed by atoms with Crippen LogP contribution in [-0.4, -0.2) is 31.0 Å². The van der Waals surface area contributed by atoms with Crippen molar-refractivity contribution in [1.29, 1.82) is 0 Å². The molecule has 0 atom stereocenters. The molecular weight excluding hydrogens is 267 g/mol. The van der Waals surface area contributed by atoms with Crippen LogP contribution in [0.3, 0.4) is 0 Å². The predicted molar refractivity (Wildman–Crippen MR) is 70.0 cm³/mol. The molecule has 1 aromatic rings. The third kappa shape index (κ3) is 4.34. The van der Waals surface area contributed by atoms with Gasteiger partial charge < -0.3 is 4.74 Å². The van der Waals surface area contributed by atoms with E-state index in [-0.39, 0.29) is 5.78 Å². The Hall–Kier alpha value is -0.220. The van der Waals surface area contributed by atoms with E-state index >= 15 is 0 Å². The fourth-order valence-electron chi connectivity index (χ4n) is 1.06. The molecular formula is C11H12Cl2O2S. The first-order valence-corrected chi connectivity index (χ1v) is 6.61. The highest BCUT2D eigenvalue weighted by Gasteiger charge is 2.07. The Morgan fingerprint density at radius 3 is 2.75 bits per heavy atom. The second-order valence-corrected chi connectivity index (χ2v) is 5.02. The zero-order valence-corrected chi connectivity index (χ0v) is 11.2. The van der Waals surface area contributed by atoms with Gasteiger partial charge in [-0.05, 0) is 18.2 Å². The number of thioether (sulfide) groups is 1. The first-order valence-electron chi connectivity index (χ1n) is 4.70. The minimum absolute atomic E-state index is 0.0552. The van der Waals surface area contributed by atoms with Crippen LogP contribution in [0.5, 0.6) is 0 Å². The number of hydrogen-bond acceptors (Lipinski definition) is 3. The molecule has 0 N–H and O–H groups in total. The van der Waals surface area contributed by atoms with Crippen LogP contribution < -0.4 is 0 Å². The SMILES string of the molecule is COCCSCC(=O)c1ccc(Cl)c(Cl)c1. The average Bonchev–Trinajstić information content (AvgIpc) is 2.28. The number of carbonyl (C=O) groups excluding carboxylic acids is 1. The standard InChI is InChI=1S/C11H12Cl2O2S/c1-15-4-5-16-7-11(14)8-2-3-9(12)10(13)6-8/h2-3,6H,4-5,7H2,1H3. The van der Waals surface area contributed by atoms with Gasteiger partial charge in [-0.25, -0.2) is 0 Å². The molecule has 0 saturated carbocycles. The Kier molecular flexibility index (Phi) is 6.21. The lowest BCUT2D eigenvalue weighted by molar-refractivity contribution is 0.102. The summed E-state index contributed by atoms with van der Waals surface area (Å²) in [5.74, 6) is 1.30. The van der Waals surface area contributed by atoms with E-state index in [1.807, 2.05) is 0 Å². The van der Waals surface area contributed by atoms with Gasteiger partial charge in [0.2, 0.25) is 0 Å². The molecule has 5 heteroatoms. The van der Waals surface area contributed by atoms with Crippen molar-refractivity contribution in [2.24, 2.45) is 0 Å². The molecule has 88 valence electrons. The van der Waals surface area contributed by atoms with Crippen molar-refractivity contribution in [1.82, 2.24) is 0 Å². The van der Waals surface area contributed by atoms with E-state index in [1.165, 1.54) is 0 Å². The van der Waals surface area contributed by atoms with Crippen molar-refractivity contribution in [2.45, 2.75) is 0 Å². The Balaban J connectivity index is 2.50. The molecule has 0 aliphatic heterocycles. The van der Waals surface area contributed by atoms with Gasteiger partial charge in [0.15, 0.2) is 5.78 Å². The van der Waals surface area contributed by atoms with Crippen molar-refractivity contribution in [3.05, 3.63) is 33.8 Å². The van der Waals surface area contributed by atoms with Gasteiger partial charge in [-0.3, -0.25) is 4.79 Å². The summed E-state index contributed by atoms with van der Waals surface area (Å²) in [6.45, 7) is 0.652. The molecule has 0 amide bonds. The molecule has 1 aromatic carbocycles. The molecule has 0 aromatic heterocycles. The van der Waals surface area contributed by atoms with Crippen LogP contribution in [0, 0.1) is 0 Å². The Labute approximate surface area is 109 Å². The van der Waals surface area contributed by atoms with Crippen LogP contribution in [-0.2, 0) is 4.74 Å². The van der Waals surface area contributed by atoms with E-state index in [0.717, 1.165) is 5.75 Å². The van der Waals surface area contributed by atoms with Crippen LogP contribution in [0.1, 0.15) is 10.4 Å². The van der Waals surface area contributed by atoms with E-state index in [1.54, 1.807) is 37.1 Å². The smallest absolute Gasteiger partial charge is 0.172 e. The zero-order valence-electron chi connectivity index (χ0n) is 8.83. The van der Waals surface area contributed by atoms with E-state index < -0.39 is 0 Å². The molecule has 0 fully saturated rings. The van der Waals surface area contributed by atoms with Gasteiger partial charge in [0.05, 0.1) is 22.4 Å². The molecule has 0 aliphatic carbocycles. The molecule has 0 saturated heterocycles. The van der Waals surface area contributed by atoms with Crippen LogP contribution in [0.15, 0.2) is 18.2 Å². The second-order valence-electron chi connectivity index (χ2n) is 3.10. The van der Waals surface area contributed by atoms with Gasteiger partial charge in [0.1, 0.15) is 0 Å². The monoisotopic (exact) mass is 278 g/mol. The van der Waals surface area contributed by atoms with Gasteiger partial charge in [0, 0.05) is 18.4 Å². The summed E-state index contributed by atoms with van der Waals surface area (Å²) in [6.07, 6.45) is 0. The van der Waals surface area contributed by atoms with Crippen molar-refractivity contribution in [2.75, 3.05) is 25.2 Å². The van der Waals surface area contributed by atoms with Crippen molar-refractivity contribution < 1.29 is 9.53 Å². The number of ether oxygens (including phenoxy) is 1. The summed E-state index contributed by atoms with van der Waals surface area (Å²) in [5, 5.41) is 0.875. The highest BCUT2D eigenvalue weighted by Crippen LogP contribution is 2.23. The fourth-order valence-corrected chi connectivity index (χ4v) is 2.14. The van der Waals surface area contributed by atoms with Crippen LogP contribution in [0.2, 0.25) is 10.0 Å². The third-order valence-electron chi connectivity index (χ3n) is 1.91. The van der Waals surface area contributed by atoms with Crippen molar-refractivity contribution in [3.63, 3.8) is 0 Å². The number of carbonyl (C=O) groups is 1. The number of hydrogen-bond donors (Lipinski definition) is 0. The lowest BCUT2D eigenvalue weighted by atomic mass is 10.1. The summed E-state index contributed by atoms with van der Waals surface area (Å²) in [5.41, 5.74) is 0.597. The minimum atomic E-state index is 0.0552. The van der Waals surface area contributed by atoms with Crippen molar-refractivity contribution in [3.8, 4) is 0 Å². The quantitative estimate of drug-likeness (QED) is 0.588. The maximum atomic E-state index is 11.7. The molecule has 1 rings (SSSR count). The summed E-state index contributed by atoms with van der Waals surface area (Å²) < 4.78 is 4.89. The van der Waals surface area contributed by atoms with E-state index in [9.17, 15) is 4.79 Å². The van der Waals surface area contributed by atoms with E-state index in [0.29, 0.717) is 28.0 Å². The van der Waals surface area contributed by atoms with Gasteiger partial charge in [-0.2, -0.15) is 11.8 Å². The lowest BCUT2D eigenvalue weighted by Crippen LogP contribution is -2.04. The van der Waals surface area contributed by atoms with E-state index in [2.05, 4.69) is 0 Å². The Bertz CT molecular complexity index is 369. The normalized spacial score (nSPS) is 10.4. The zero-order chi connectivity index (χ0) is 12.0. The number of Topliss-reactive ketones (excluding diaryl/α,β-unsaturated/α-hetero) is 1. The largest absolute Gasteiger partial charge is 0.384 e. The summed E-state index contributed by atoms with van der Waals surface area (Å²) >= 11 is 13.1. The van der Waals surface area contributed by atoms with Gasteiger partial charge in [0.25, 0.3) is 0 Å². The van der Waals surface area contributed by atoms with E-state index in [4.69, 9.17) is 27.9 Å². The number of rotatable bonds is 6. The highest BCUT2D eigenvalue weighted by atomic mass is 35.5. The van der Waals surface area contributed by atoms with Gasteiger partial charge in [-0.1, -0.05) is 23.2 Å². The number of methoxy groups -OCH3 is 1. The Morgan fingerprint density at radius 1 is 1.38 bits per heavy atom. The molecule has 2 nitrogen and oxygen atoms in total. The Morgan fingerprint density at radius 2 is 2.12 bits per heavy atom. The van der Waals surface area contributed by atoms with Crippen LogP contribution in [0.25, 0.3) is 0 Å². The van der Waals surface area contributed by atoms with Crippen LogP contribution >= 0.6 is 35.0 Å². The molecule has 0 aliphatic rings. The minimum Gasteiger partial charge on any atom is -0.384 e. The summed E-state index contributed by atoms with van der Waals surface area (Å²) in [6, 6.07) is 4.92. The topological polar surface area (TPSA) is 26.3 Å². The van der Waals surface area contributed by atoms with Gasteiger partial charge >= 0.3 is 0 Å². The fraction of sp³-hybridized carbons (Fsp3) is 0.364. The first kappa shape index (κ1) is 13.8. The lowest BCUT2D eigenvalue weighted by Gasteiger charge is -2.02. The number of ketones is 1. The predicted octanol–water partition coefficient (Wildman–Crippen LogP) is 3.56. The van der Waals surface area contributed by atoms with Crippen LogP contribution in [0.4, 0.5) is 0 Å². The molecule has 0 bridgehead atoms. The molecule has 0 unspecified atom stereocenters. The maximum absolute atomic E-state index is 11.7. The summed E-state index contributed by atoms with van der Waals surface area (Å²) in [7, 11) is 1.64. The molecule has 0 heterocycles. The first-order chi connectivity index (χ1) is 7.65. The molecule has 16 heavy (non-hydrogen) atoms. The number of halogens is 2. The highest BCUT2D eigenvalue weighted by molar-refractivity contribution is 8.00. The molecule has 0 radical (unpaired) electrons. The summed E-state index contributed by atoms with van der Waals surface area (Å²) in [4.78, 5) is 11.7. The second kappa shape index (κ2) is 7.17. The average molecular weight is 279 g/mol. The molecule has 0 spiro atoms. The maximum Gasteiger partial charge on any atom is 0.172 e. The third-order valence-corrected chi connectivity index (χ3v) is 3.57.